The van der Waals surface area contributed by atoms with Gasteiger partial charge in [0.15, 0.2) is 0 Å². The van der Waals surface area contributed by atoms with Crippen LogP contribution in [0, 0.1) is 5.82 Å². The molecule has 2 aliphatic heterocycles. The molecule has 4 rings (SSSR count). The summed E-state index contributed by atoms with van der Waals surface area (Å²) in [4.78, 5) is 17.3. The fourth-order valence-corrected chi connectivity index (χ4v) is 3.84. The number of hydrogen-bond donors (Lipinski definition) is 3. The number of β-amino-alcohol motifs (C(OH)–C–C–N with tert-alkyl or cyclic N) is 1. The summed E-state index contributed by atoms with van der Waals surface area (Å²) in [6, 6.07) is 6.03. The number of ether oxygens (including phenoxy) is 1. The fourth-order valence-electron chi connectivity index (χ4n) is 3.69. The summed E-state index contributed by atoms with van der Waals surface area (Å²) in [6.07, 6.45) is 1.41. The molecule has 0 saturated carbocycles. The molecule has 1 saturated heterocycles. The minimum atomic E-state index is -1.48. The largest absolute Gasteiger partial charge is 0.490 e. The number of nitrogens with zero attached hydrogens (tertiary/aromatic N) is 2. The zero-order chi connectivity index (χ0) is 20.6. The van der Waals surface area contributed by atoms with Crippen LogP contribution in [0.15, 0.2) is 30.5 Å². The Morgan fingerprint density at radius 2 is 2.21 bits per heavy atom. The van der Waals surface area contributed by atoms with E-state index < -0.39 is 17.5 Å². The minimum Gasteiger partial charge on any atom is -0.490 e. The fraction of sp³-hybridized carbons (Fsp3) is 0.400. The first-order valence-corrected chi connectivity index (χ1v) is 9.74. The lowest BCUT2D eigenvalue weighted by Crippen LogP contribution is -2.58. The summed E-state index contributed by atoms with van der Waals surface area (Å²) >= 11 is 5.80. The number of aromatic nitrogens is 1. The molecule has 7 nitrogen and oxygen atoms in total. The summed E-state index contributed by atoms with van der Waals surface area (Å²) in [5.74, 6) is 0.399. The molecule has 1 aromatic heterocycles. The van der Waals surface area contributed by atoms with Crippen LogP contribution >= 0.6 is 11.6 Å². The maximum atomic E-state index is 14.2. The molecule has 3 heterocycles. The first-order valence-electron chi connectivity index (χ1n) is 9.37. The van der Waals surface area contributed by atoms with Crippen LogP contribution in [0.1, 0.15) is 18.4 Å². The number of benzene rings is 1. The topological polar surface area (TPSA) is 94.9 Å². The van der Waals surface area contributed by atoms with Gasteiger partial charge in [-0.3, -0.25) is 4.79 Å². The summed E-state index contributed by atoms with van der Waals surface area (Å²) < 4.78 is 20.0. The Morgan fingerprint density at radius 1 is 1.38 bits per heavy atom. The maximum Gasteiger partial charge on any atom is 0.225 e. The van der Waals surface area contributed by atoms with Crippen molar-refractivity contribution >= 4 is 29.0 Å². The van der Waals surface area contributed by atoms with E-state index in [4.69, 9.17) is 16.3 Å². The van der Waals surface area contributed by atoms with Crippen molar-refractivity contribution in [2.45, 2.75) is 31.0 Å². The highest BCUT2D eigenvalue weighted by Crippen LogP contribution is 2.33. The summed E-state index contributed by atoms with van der Waals surface area (Å²) in [5, 5.41) is 24.5. The van der Waals surface area contributed by atoms with Crippen LogP contribution < -0.4 is 15.0 Å². The van der Waals surface area contributed by atoms with Gasteiger partial charge in [-0.05, 0) is 37.1 Å². The number of rotatable bonds is 4. The second kappa shape index (κ2) is 7.78. The van der Waals surface area contributed by atoms with Crippen molar-refractivity contribution in [1.82, 2.24) is 4.98 Å². The lowest BCUT2D eigenvalue weighted by molar-refractivity contribution is -0.116. The van der Waals surface area contributed by atoms with Crippen LogP contribution in [0.4, 0.5) is 15.9 Å². The highest BCUT2D eigenvalue weighted by Gasteiger charge is 2.42. The van der Waals surface area contributed by atoms with E-state index >= 15 is 0 Å². The smallest absolute Gasteiger partial charge is 0.225 e. The molecule has 1 fully saturated rings. The van der Waals surface area contributed by atoms with Gasteiger partial charge in [-0.15, -0.1) is 0 Å². The van der Waals surface area contributed by atoms with Crippen LogP contribution in [-0.2, 0) is 11.2 Å². The Kier molecular flexibility index (Phi) is 5.33. The van der Waals surface area contributed by atoms with E-state index in [1.54, 1.807) is 23.1 Å². The van der Waals surface area contributed by atoms with Gasteiger partial charge in [0.2, 0.25) is 5.91 Å². The summed E-state index contributed by atoms with van der Waals surface area (Å²) in [6.45, 7) is 0.276. The van der Waals surface area contributed by atoms with Crippen molar-refractivity contribution < 1.29 is 24.1 Å². The van der Waals surface area contributed by atoms with Crippen molar-refractivity contribution in [2.24, 2.45) is 0 Å². The number of nitrogens with one attached hydrogen (secondary N) is 1. The average Bonchev–Trinajstić information content (AvgIpc) is 2.68. The van der Waals surface area contributed by atoms with E-state index in [0.29, 0.717) is 41.7 Å². The predicted molar refractivity (Wildman–Crippen MR) is 106 cm³/mol. The zero-order valence-electron chi connectivity index (χ0n) is 15.6. The van der Waals surface area contributed by atoms with Crippen LogP contribution in [0.5, 0.6) is 5.75 Å². The van der Waals surface area contributed by atoms with Gasteiger partial charge in [0.1, 0.15) is 35.7 Å². The number of anilines is 2. The number of fused-ring (bicyclic) bond motifs is 1. The van der Waals surface area contributed by atoms with Crippen molar-refractivity contribution in [2.75, 3.05) is 29.9 Å². The molecule has 1 amide bonds. The van der Waals surface area contributed by atoms with Gasteiger partial charge >= 0.3 is 0 Å². The molecular formula is C20H21ClFN3O4. The monoisotopic (exact) mass is 421 g/mol. The van der Waals surface area contributed by atoms with E-state index in [1.807, 2.05) is 0 Å². The highest BCUT2D eigenvalue weighted by molar-refractivity contribution is 6.30. The normalized spacial score (nSPS) is 24.1. The molecule has 2 aliphatic rings. The molecule has 0 spiro atoms. The van der Waals surface area contributed by atoms with E-state index in [0.717, 1.165) is 5.56 Å². The SMILES string of the molecule is O=C1CCc2c(OC[C@]3(O)CCN(c4ccc(Cl)cc4F)C[C@H]3O)ccnc2N1. The third-order valence-electron chi connectivity index (χ3n) is 5.43. The number of hydrogen-bond acceptors (Lipinski definition) is 6. The third-order valence-corrected chi connectivity index (χ3v) is 5.66. The Balaban J connectivity index is 1.44. The van der Waals surface area contributed by atoms with Gasteiger partial charge < -0.3 is 25.2 Å². The van der Waals surface area contributed by atoms with Crippen LogP contribution in [0.25, 0.3) is 0 Å². The number of pyridine rings is 1. The number of amides is 1. The number of halogens is 2. The predicted octanol–water partition coefficient (Wildman–Crippen LogP) is 2.14. The molecule has 1 aromatic carbocycles. The number of aliphatic hydroxyl groups excluding tert-OH is 1. The lowest BCUT2D eigenvalue weighted by Gasteiger charge is -2.42. The Labute approximate surface area is 172 Å². The standard InChI is InChI=1S/C20H21ClFN3O4/c21-12-1-3-15(14(22)9-12)25-8-6-20(28,17(26)10-25)11-29-16-5-7-23-19-13(16)2-4-18(27)24-19/h1,3,5,7,9,17,26,28H,2,4,6,8,10-11H2,(H,23,24,27)/t17-,20-/m1/s1. The molecule has 3 N–H and O–H groups in total. The Bertz CT molecular complexity index is 944. The van der Waals surface area contributed by atoms with Crippen LogP contribution in [0.2, 0.25) is 5.02 Å². The van der Waals surface area contributed by atoms with Crippen LogP contribution in [-0.4, -0.2) is 52.5 Å². The van der Waals surface area contributed by atoms with Crippen LogP contribution in [0.3, 0.4) is 0 Å². The highest BCUT2D eigenvalue weighted by atomic mass is 35.5. The number of carbonyl (C=O) groups excluding carboxylic acids is 1. The van der Waals surface area contributed by atoms with Crippen molar-refractivity contribution in [1.29, 1.82) is 0 Å². The molecule has 0 radical (unpaired) electrons. The summed E-state index contributed by atoms with van der Waals surface area (Å²) in [5.41, 5.74) is -0.380. The molecule has 0 unspecified atom stereocenters. The van der Waals surface area contributed by atoms with Crippen molar-refractivity contribution in [3.8, 4) is 5.75 Å². The molecule has 2 aromatic rings. The second-order valence-corrected chi connectivity index (χ2v) is 7.82. The first-order chi connectivity index (χ1) is 13.9. The average molecular weight is 422 g/mol. The molecule has 2 atom stereocenters. The molecule has 0 aliphatic carbocycles. The minimum absolute atomic E-state index is 0.0585. The van der Waals surface area contributed by atoms with E-state index in [2.05, 4.69) is 10.3 Å². The molecule has 0 bridgehead atoms. The molecule has 154 valence electrons. The molecular weight excluding hydrogens is 401 g/mol. The van der Waals surface area contributed by atoms with E-state index in [1.165, 1.54) is 12.3 Å². The van der Waals surface area contributed by atoms with Gasteiger partial charge in [0, 0.05) is 36.3 Å². The summed E-state index contributed by atoms with van der Waals surface area (Å²) in [7, 11) is 0. The van der Waals surface area contributed by atoms with Gasteiger partial charge in [0.05, 0.1) is 5.69 Å². The molecule has 29 heavy (non-hydrogen) atoms. The van der Waals surface area contributed by atoms with Gasteiger partial charge in [-0.1, -0.05) is 11.6 Å². The van der Waals surface area contributed by atoms with Crippen molar-refractivity contribution in [3.63, 3.8) is 0 Å². The lowest BCUT2D eigenvalue weighted by atomic mass is 9.89. The van der Waals surface area contributed by atoms with Gasteiger partial charge in [-0.25, -0.2) is 9.37 Å². The van der Waals surface area contributed by atoms with Gasteiger partial charge in [-0.2, -0.15) is 0 Å². The molecule has 9 heteroatoms. The number of carbonyl (C=O) groups is 1. The first kappa shape index (κ1) is 19.9. The third kappa shape index (κ3) is 4.01. The second-order valence-electron chi connectivity index (χ2n) is 7.38. The Morgan fingerprint density at radius 3 is 2.97 bits per heavy atom. The number of aliphatic hydroxyl groups is 2. The zero-order valence-corrected chi connectivity index (χ0v) is 16.3. The van der Waals surface area contributed by atoms with E-state index in [9.17, 15) is 19.4 Å². The Hall–Kier alpha value is -2.42. The van der Waals surface area contributed by atoms with Gasteiger partial charge in [0.25, 0.3) is 0 Å². The van der Waals surface area contributed by atoms with E-state index in [-0.39, 0.29) is 25.5 Å². The number of piperidine rings is 1. The quantitative estimate of drug-likeness (QED) is 0.700. The maximum absolute atomic E-state index is 14.2. The van der Waals surface area contributed by atoms with Crippen molar-refractivity contribution in [3.05, 3.63) is 46.9 Å².